The van der Waals surface area contributed by atoms with E-state index in [4.69, 9.17) is 0 Å². The van der Waals surface area contributed by atoms with Gasteiger partial charge in [0.1, 0.15) is 0 Å². The highest BCUT2D eigenvalue weighted by atomic mass is 32.1. The van der Waals surface area contributed by atoms with Crippen molar-refractivity contribution in [2.45, 2.75) is 11.2 Å². The van der Waals surface area contributed by atoms with Crippen LogP contribution in [0.3, 0.4) is 0 Å². The van der Waals surface area contributed by atoms with Crippen LogP contribution in [0.15, 0.2) is 11.6 Å². The van der Waals surface area contributed by atoms with Crippen molar-refractivity contribution in [1.29, 1.82) is 0 Å². The number of thiol groups is 1. The van der Waals surface area contributed by atoms with Crippen LogP contribution in [0.2, 0.25) is 0 Å². The second-order valence-corrected chi connectivity index (χ2v) is 2.57. The third-order valence-corrected chi connectivity index (χ3v) is 1.80. The molecule has 0 aliphatic heterocycles. The van der Waals surface area contributed by atoms with Crippen LogP contribution in [0.5, 0.6) is 0 Å². The van der Waals surface area contributed by atoms with Gasteiger partial charge in [-0.05, 0) is 6.42 Å². The van der Waals surface area contributed by atoms with Crippen LogP contribution in [-0.4, -0.2) is 4.75 Å². The first-order valence-corrected chi connectivity index (χ1v) is 2.21. The number of fused-ring (bicyclic) bond motifs is 1. The minimum atomic E-state index is 0.403. The normalized spacial score (nSPS) is 54.2. The first kappa shape index (κ1) is 2.30. The number of hydrogen-bond donors (Lipinski definition) is 1. The van der Waals surface area contributed by atoms with Crippen molar-refractivity contribution >= 4 is 12.6 Å². The molecule has 0 aromatic heterocycles. The zero-order valence-electron chi connectivity index (χ0n) is 2.73. The average molecular weight is 84.1 g/mol. The Morgan fingerprint density at radius 3 is 2.20 bits per heavy atom. The molecule has 1 atom stereocenters. The second kappa shape index (κ2) is 0.318. The quantitative estimate of drug-likeness (QED) is 0.328. The highest BCUT2D eigenvalue weighted by Crippen LogP contribution is 2.63. The Morgan fingerprint density at radius 1 is 2.00 bits per heavy atom. The van der Waals surface area contributed by atoms with E-state index in [0.29, 0.717) is 4.75 Å². The minimum absolute atomic E-state index is 0.403. The molecule has 0 N–H and O–H groups in total. The van der Waals surface area contributed by atoms with Crippen LogP contribution in [-0.2, 0) is 0 Å². The van der Waals surface area contributed by atoms with E-state index < -0.39 is 0 Å². The fourth-order valence-electron chi connectivity index (χ4n) is 0.469. The van der Waals surface area contributed by atoms with Gasteiger partial charge < -0.3 is 0 Å². The van der Waals surface area contributed by atoms with Crippen LogP contribution >= 0.6 is 12.6 Å². The van der Waals surface area contributed by atoms with Crippen LogP contribution in [0.1, 0.15) is 6.42 Å². The fraction of sp³-hybridized carbons (Fsp3) is 0.500. The van der Waals surface area contributed by atoms with Gasteiger partial charge in [0, 0.05) is 0 Å². The van der Waals surface area contributed by atoms with E-state index in [1.807, 2.05) is 0 Å². The Kier molecular flexibility index (Phi) is 0.146. The average Bonchev–Trinajstić information content (AvgIpc) is 1.74. The van der Waals surface area contributed by atoms with Crippen molar-refractivity contribution in [3.63, 3.8) is 0 Å². The van der Waals surface area contributed by atoms with Crippen molar-refractivity contribution in [2.75, 3.05) is 0 Å². The smallest absolute Gasteiger partial charge is 0.0560 e. The summed E-state index contributed by atoms with van der Waals surface area (Å²) in [6.45, 7) is 0. The van der Waals surface area contributed by atoms with E-state index in [0.717, 1.165) is 0 Å². The summed E-state index contributed by atoms with van der Waals surface area (Å²) in [5, 5.41) is 0. The molecule has 1 heteroatoms. The van der Waals surface area contributed by atoms with Crippen molar-refractivity contribution in [1.82, 2.24) is 0 Å². The molecule has 5 heavy (non-hydrogen) atoms. The maximum absolute atomic E-state index is 4.22. The predicted molar refractivity (Wildman–Crippen MR) is 24.4 cm³/mol. The Bertz CT molecular complexity index is 115. The van der Waals surface area contributed by atoms with Gasteiger partial charge >= 0.3 is 0 Å². The lowest BCUT2D eigenvalue weighted by atomic mass is 10.5. The third kappa shape index (κ3) is 0.122. The molecule has 0 aromatic carbocycles. The predicted octanol–water partition coefficient (Wildman–Crippen LogP) is 0.999. The molecule has 0 nitrogen and oxygen atoms in total. The molecule has 0 heterocycles. The van der Waals surface area contributed by atoms with Gasteiger partial charge in [0.15, 0.2) is 0 Å². The maximum atomic E-state index is 4.22. The summed E-state index contributed by atoms with van der Waals surface area (Å²) in [7, 11) is 0. The molecular weight excluding hydrogens is 80.1 g/mol. The zero-order chi connectivity index (χ0) is 3.49. The Morgan fingerprint density at radius 2 is 2.20 bits per heavy atom. The largest absolute Gasteiger partial charge is 0.163 e. The summed E-state index contributed by atoms with van der Waals surface area (Å²) in [5.41, 5.74) is 1.56. The number of rotatable bonds is 0. The Hall–Kier alpha value is 0.0900. The van der Waals surface area contributed by atoms with Crippen LogP contribution in [0.4, 0.5) is 0 Å². The maximum Gasteiger partial charge on any atom is 0.0560 e. The summed E-state index contributed by atoms with van der Waals surface area (Å²) in [6, 6.07) is 0. The molecule has 2 rings (SSSR count). The summed E-state index contributed by atoms with van der Waals surface area (Å²) >= 11 is 4.22. The van der Waals surface area contributed by atoms with Gasteiger partial charge in [-0.25, -0.2) is 0 Å². The molecular formula is C4H4S. The summed E-state index contributed by atoms with van der Waals surface area (Å²) in [4.78, 5) is 0. The number of hydrogen-bond acceptors (Lipinski definition) is 1. The first-order chi connectivity index (χ1) is 2.31. The molecule has 2 aliphatic rings. The monoisotopic (exact) mass is 84.0 g/mol. The summed E-state index contributed by atoms with van der Waals surface area (Å²) in [5.74, 6) is 0. The lowest BCUT2D eigenvalue weighted by Crippen LogP contribution is -1.71. The highest BCUT2D eigenvalue weighted by Gasteiger charge is 2.56. The van der Waals surface area contributed by atoms with Crippen molar-refractivity contribution < 1.29 is 0 Å². The van der Waals surface area contributed by atoms with E-state index >= 15 is 0 Å². The van der Waals surface area contributed by atoms with Gasteiger partial charge in [0.2, 0.25) is 0 Å². The molecule has 0 radical (unpaired) electrons. The van der Waals surface area contributed by atoms with E-state index in [9.17, 15) is 0 Å². The van der Waals surface area contributed by atoms with Crippen LogP contribution in [0, 0.1) is 0 Å². The summed E-state index contributed by atoms with van der Waals surface area (Å²) < 4.78 is 0.403. The highest BCUT2D eigenvalue weighted by molar-refractivity contribution is 7.83. The van der Waals surface area contributed by atoms with Crippen molar-refractivity contribution in [2.24, 2.45) is 0 Å². The van der Waals surface area contributed by atoms with Gasteiger partial charge in [-0.2, -0.15) is 12.6 Å². The van der Waals surface area contributed by atoms with E-state index in [1.165, 1.54) is 6.42 Å². The molecule has 0 bridgehead atoms. The second-order valence-electron chi connectivity index (χ2n) is 1.77. The van der Waals surface area contributed by atoms with Gasteiger partial charge in [-0.15, -0.1) is 0 Å². The SMILES string of the molecule is S[C@]12C=C1C2. The minimum Gasteiger partial charge on any atom is -0.163 e. The fourth-order valence-corrected chi connectivity index (χ4v) is 0.795. The molecule has 26 valence electrons. The van der Waals surface area contributed by atoms with Crippen molar-refractivity contribution in [3.8, 4) is 0 Å². The molecule has 1 saturated carbocycles. The topological polar surface area (TPSA) is 0 Å². The first-order valence-electron chi connectivity index (χ1n) is 1.76. The molecule has 2 aliphatic carbocycles. The van der Waals surface area contributed by atoms with Crippen LogP contribution < -0.4 is 0 Å². The van der Waals surface area contributed by atoms with E-state index in [2.05, 4.69) is 18.7 Å². The van der Waals surface area contributed by atoms with E-state index in [1.54, 1.807) is 5.57 Å². The Balaban J connectivity index is 2.55. The molecule has 0 aromatic rings. The van der Waals surface area contributed by atoms with Crippen molar-refractivity contribution in [3.05, 3.63) is 11.6 Å². The molecule has 0 amide bonds. The lowest BCUT2D eigenvalue weighted by molar-refractivity contribution is 1.29. The molecule has 0 spiro atoms. The van der Waals surface area contributed by atoms with Gasteiger partial charge in [-0.1, -0.05) is 11.6 Å². The zero-order valence-corrected chi connectivity index (χ0v) is 3.63. The van der Waals surface area contributed by atoms with Crippen LogP contribution in [0.25, 0.3) is 0 Å². The van der Waals surface area contributed by atoms with Gasteiger partial charge in [0.05, 0.1) is 4.75 Å². The molecule has 0 unspecified atom stereocenters. The standard InChI is InChI=1S/C4H4S/c5-4-1-3(4)2-4/h1,5H,2H2/t4-/m0/s1. The van der Waals surface area contributed by atoms with E-state index in [-0.39, 0.29) is 0 Å². The molecule has 1 fully saturated rings. The Labute approximate surface area is 36.3 Å². The third-order valence-electron chi connectivity index (χ3n) is 1.22. The van der Waals surface area contributed by atoms with Gasteiger partial charge in [-0.3, -0.25) is 0 Å². The summed E-state index contributed by atoms with van der Waals surface area (Å²) in [6.07, 6.45) is 3.46. The van der Waals surface area contributed by atoms with Gasteiger partial charge in [0.25, 0.3) is 0 Å². The molecule has 0 saturated heterocycles. The lowest BCUT2D eigenvalue weighted by Gasteiger charge is -1.74.